The number of aromatic nitrogens is 1. The highest BCUT2D eigenvalue weighted by atomic mass is 35.5. The van der Waals surface area contributed by atoms with E-state index in [2.05, 4.69) is 10.3 Å². The van der Waals surface area contributed by atoms with E-state index in [0.29, 0.717) is 5.69 Å². The zero-order valence-electron chi connectivity index (χ0n) is 9.71. The summed E-state index contributed by atoms with van der Waals surface area (Å²) in [4.78, 5) is 3.54. The van der Waals surface area contributed by atoms with Crippen LogP contribution >= 0.6 is 11.6 Å². The molecule has 0 spiro atoms. The second kappa shape index (κ2) is 5.48. The predicted molar refractivity (Wildman–Crippen MR) is 68.5 cm³/mol. The van der Waals surface area contributed by atoms with Gasteiger partial charge in [0.1, 0.15) is 11.5 Å². The number of hydrogen-bond acceptors (Lipinski definition) is 2. The Morgan fingerprint density at radius 2 is 1.79 bits per heavy atom. The third-order valence-electron chi connectivity index (χ3n) is 2.46. The molecule has 19 heavy (non-hydrogen) atoms. The van der Waals surface area contributed by atoms with E-state index in [1.165, 1.54) is 12.1 Å². The molecule has 0 unspecified atom stereocenters. The van der Waals surface area contributed by atoms with Gasteiger partial charge < -0.3 is 5.32 Å². The Hall–Kier alpha value is -1.75. The van der Waals surface area contributed by atoms with E-state index in [4.69, 9.17) is 11.6 Å². The first-order valence-corrected chi connectivity index (χ1v) is 5.99. The second-order valence-electron chi connectivity index (χ2n) is 3.82. The molecule has 1 aromatic carbocycles. The minimum Gasteiger partial charge on any atom is -0.340 e. The predicted octanol–water partition coefficient (Wildman–Crippen LogP) is 4.58. The molecule has 1 heterocycles. The molecular formula is C13H10ClF3N2. The summed E-state index contributed by atoms with van der Waals surface area (Å²) in [5, 5.41) is 2.84. The third-order valence-corrected chi connectivity index (χ3v) is 2.75. The minimum atomic E-state index is -4.45. The summed E-state index contributed by atoms with van der Waals surface area (Å²) in [7, 11) is 0. The van der Waals surface area contributed by atoms with Crippen molar-refractivity contribution in [2.24, 2.45) is 0 Å². The standard InChI is InChI=1S/C13H10ClF3N2/c14-8-9-4-1-2-5-10(9)18-12-7-3-6-11(19-12)13(15,16)17/h1-7H,8H2,(H,18,19). The van der Waals surface area contributed by atoms with Gasteiger partial charge in [0.25, 0.3) is 0 Å². The zero-order chi connectivity index (χ0) is 13.9. The van der Waals surface area contributed by atoms with Gasteiger partial charge in [-0.25, -0.2) is 4.98 Å². The van der Waals surface area contributed by atoms with E-state index < -0.39 is 11.9 Å². The Labute approximate surface area is 113 Å². The fraction of sp³-hybridized carbons (Fsp3) is 0.154. The number of para-hydroxylation sites is 1. The molecule has 2 rings (SSSR count). The number of nitrogens with one attached hydrogen (secondary N) is 1. The first kappa shape index (κ1) is 13.7. The van der Waals surface area contributed by atoms with Crippen molar-refractivity contribution in [2.45, 2.75) is 12.1 Å². The average molecular weight is 287 g/mol. The molecule has 100 valence electrons. The summed E-state index contributed by atoms with van der Waals surface area (Å²) in [5.74, 6) is 0.398. The van der Waals surface area contributed by atoms with Crippen LogP contribution in [0.15, 0.2) is 42.5 Å². The van der Waals surface area contributed by atoms with Gasteiger partial charge >= 0.3 is 6.18 Å². The van der Waals surface area contributed by atoms with Crippen LogP contribution in [0.5, 0.6) is 0 Å². The van der Waals surface area contributed by atoms with Crippen molar-refractivity contribution in [1.82, 2.24) is 4.98 Å². The topological polar surface area (TPSA) is 24.9 Å². The lowest BCUT2D eigenvalue weighted by atomic mass is 10.2. The van der Waals surface area contributed by atoms with Gasteiger partial charge in [-0.1, -0.05) is 24.3 Å². The molecule has 0 fully saturated rings. The highest BCUT2D eigenvalue weighted by Gasteiger charge is 2.32. The summed E-state index contributed by atoms with van der Waals surface area (Å²) < 4.78 is 37.6. The maximum atomic E-state index is 12.5. The second-order valence-corrected chi connectivity index (χ2v) is 4.09. The van der Waals surface area contributed by atoms with Crippen LogP contribution in [0.4, 0.5) is 24.7 Å². The summed E-state index contributed by atoms with van der Waals surface area (Å²) in [6.45, 7) is 0. The van der Waals surface area contributed by atoms with Crippen LogP contribution in [0, 0.1) is 0 Å². The lowest BCUT2D eigenvalue weighted by Crippen LogP contribution is -2.09. The maximum absolute atomic E-state index is 12.5. The van der Waals surface area contributed by atoms with Crippen molar-refractivity contribution in [3.63, 3.8) is 0 Å². The molecule has 2 aromatic rings. The molecule has 1 N–H and O–H groups in total. The number of alkyl halides is 4. The van der Waals surface area contributed by atoms with Crippen LogP contribution in [-0.2, 0) is 12.1 Å². The Bertz CT molecular complexity index is 570. The molecule has 0 saturated heterocycles. The van der Waals surface area contributed by atoms with E-state index in [1.54, 1.807) is 18.2 Å². The first-order chi connectivity index (χ1) is 9.00. The molecule has 2 nitrogen and oxygen atoms in total. The summed E-state index contributed by atoms with van der Waals surface area (Å²) in [5.41, 5.74) is 0.508. The van der Waals surface area contributed by atoms with Crippen molar-refractivity contribution < 1.29 is 13.2 Å². The van der Waals surface area contributed by atoms with Crippen molar-refractivity contribution in [2.75, 3.05) is 5.32 Å². The molecular weight excluding hydrogens is 277 g/mol. The van der Waals surface area contributed by atoms with Gasteiger partial charge in [0.2, 0.25) is 0 Å². The van der Waals surface area contributed by atoms with E-state index in [-0.39, 0.29) is 11.7 Å². The fourth-order valence-corrected chi connectivity index (χ4v) is 1.79. The zero-order valence-corrected chi connectivity index (χ0v) is 10.5. The Morgan fingerprint density at radius 1 is 1.05 bits per heavy atom. The quantitative estimate of drug-likeness (QED) is 0.835. The molecule has 0 aliphatic heterocycles. The summed E-state index contributed by atoms with van der Waals surface area (Å²) in [6.07, 6.45) is -4.45. The SMILES string of the molecule is FC(F)(F)c1cccc(Nc2ccccc2CCl)n1. The number of hydrogen-bond donors (Lipinski definition) is 1. The van der Waals surface area contributed by atoms with Gasteiger partial charge in [-0.3, -0.25) is 0 Å². The van der Waals surface area contributed by atoms with Crippen molar-refractivity contribution in [3.8, 4) is 0 Å². The summed E-state index contributed by atoms with van der Waals surface area (Å²) in [6, 6.07) is 10.8. The summed E-state index contributed by atoms with van der Waals surface area (Å²) >= 11 is 5.76. The largest absolute Gasteiger partial charge is 0.433 e. The highest BCUT2D eigenvalue weighted by molar-refractivity contribution is 6.17. The van der Waals surface area contributed by atoms with Gasteiger partial charge in [0.15, 0.2) is 0 Å². The van der Waals surface area contributed by atoms with Crippen molar-refractivity contribution >= 4 is 23.1 Å². The van der Waals surface area contributed by atoms with Gasteiger partial charge in [-0.2, -0.15) is 13.2 Å². The number of halogens is 4. The van der Waals surface area contributed by atoms with Gasteiger partial charge in [-0.05, 0) is 23.8 Å². The van der Waals surface area contributed by atoms with Crippen LogP contribution in [0.25, 0.3) is 0 Å². The van der Waals surface area contributed by atoms with Crippen molar-refractivity contribution in [3.05, 3.63) is 53.7 Å². The Kier molecular flexibility index (Phi) is 3.95. The number of nitrogens with zero attached hydrogens (tertiary/aromatic N) is 1. The maximum Gasteiger partial charge on any atom is 0.433 e. The van der Waals surface area contributed by atoms with Gasteiger partial charge in [0, 0.05) is 11.6 Å². The van der Waals surface area contributed by atoms with E-state index in [0.717, 1.165) is 11.6 Å². The number of anilines is 2. The highest BCUT2D eigenvalue weighted by Crippen LogP contribution is 2.29. The number of benzene rings is 1. The Morgan fingerprint density at radius 3 is 2.47 bits per heavy atom. The molecule has 0 aliphatic carbocycles. The van der Waals surface area contributed by atoms with Gasteiger partial charge in [-0.15, -0.1) is 11.6 Å². The van der Waals surface area contributed by atoms with Crippen LogP contribution in [0.1, 0.15) is 11.3 Å². The molecule has 1 aromatic heterocycles. The van der Waals surface area contributed by atoms with Crippen LogP contribution in [0.3, 0.4) is 0 Å². The first-order valence-electron chi connectivity index (χ1n) is 5.46. The normalized spacial score (nSPS) is 11.4. The molecule has 0 saturated carbocycles. The lowest BCUT2D eigenvalue weighted by Gasteiger charge is -2.11. The average Bonchev–Trinajstić information content (AvgIpc) is 2.39. The number of pyridine rings is 1. The molecule has 0 radical (unpaired) electrons. The van der Waals surface area contributed by atoms with Gasteiger partial charge in [0.05, 0.1) is 0 Å². The van der Waals surface area contributed by atoms with Crippen LogP contribution < -0.4 is 5.32 Å². The Balaban J connectivity index is 2.29. The smallest absolute Gasteiger partial charge is 0.340 e. The van der Waals surface area contributed by atoms with E-state index in [1.807, 2.05) is 6.07 Å². The van der Waals surface area contributed by atoms with Crippen LogP contribution in [-0.4, -0.2) is 4.98 Å². The third kappa shape index (κ3) is 3.38. The molecule has 0 bridgehead atoms. The fourth-order valence-electron chi connectivity index (χ4n) is 1.56. The van der Waals surface area contributed by atoms with Crippen molar-refractivity contribution in [1.29, 1.82) is 0 Å². The minimum absolute atomic E-state index is 0.132. The molecule has 0 aliphatic rings. The van der Waals surface area contributed by atoms with E-state index >= 15 is 0 Å². The lowest BCUT2D eigenvalue weighted by molar-refractivity contribution is -0.141. The number of rotatable bonds is 3. The molecule has 0 amide bonds. The molecule has 0 atom stereocenters. The van der Waals surface area contributed by atoms with E-state index in [9.17, 15) is 13.2 Å². The molecule has 6 heteroatoms. The monoisotopic (exact) mass is 286 g/mol. The van der Waals surface area contributed by atoms with Crippen LogP contribution in [0.2, 0.25) is 0 Å².